The van der Waals surface area contributed by atoms with Gasteiger partial charge in [0.15, 0.2) is 0 Å². The van der Waals surface area contributed by atoms with Gasteiger partial charge < -0.3 is 10.6 Å². The monoisotopic (exact) mass is 380 g/mol. The Morgan fingerprint density at radius 3 is 2.56 bits per heavy atom. The molecule has 27 heavy (non-hydrogen) atoms. The van der Waals surface area contributed by atoms with Crippen molar-refractivity contribution in [2.24, 2.45) is 0 Å². The Labute approximate surface area is 163 Å². The fourth-order valence-electron chi connectivity index (χ4n) is 2.60. The Morgan fingerprint density at radius 1 is 1.07 bits per heavy atom. The van der Waals surface area contributed by atoms with Crippen molar-refractivity contribution in [2.45, 2.75) is 19.8 Å². The van der Waals surface area contributed by atoms with Gasteiger partial charge in [-0.05, 0) is 43.0 Å². The summed E-state index contributed by atoms with van der Waals surface area (Å²) in [6, 6.07) is 15.8. The number of hydrogen-bond acceptors (Lipinski definition) is 4. The Morgan fingerprint density at radius 2 is 1.81 bits per heavy atom. The van der Waals surface area contributed by atoms with Gasteiger partial charge in [0.05, 0.1) is 5.56 Å². The van der Waals surface area contributed by atoms with E-state index in [1.807, 2.05) is 43.3 Å². The lowest BCUT2D eigenvalue weighted by atomic mass is 10.1. The Balaban J connectivity index is 1.50. The number of halogens is 1. The second kappa shape index (κ2) is 9.14. The minimum atomic E-state index is -0.173. The molecule has 3 rings (SSSR count). The van der Waals surface area contributed by atoms with Crippen LogP contribution in [-0.2, 0) is 6.42 Å². The van der Waals surface area contributed by atoms with Crippen molar-refractivity contribution in [2.75, 3.05) is 11.9 Å². The molecule has 1 amide bonds. The number of rotatable bonds is 7. The maximum atomic E-state index is 12.2. The molecular formula is C21H21ClN4O. The maximum absolute atomic E-state index is 12.2. The van der Waals surface area contributed by atoms with Gasteiger partial charge >= 0.3 is 0 Å². The summed E-state index contributed by atoms with van der Waals surface area (Å²) in [4.78, 5) is 20.6. The summed E-state index contributed by atoms with van der Waals surface area (Å²) in [6.07, 6.45) is 4.84. The highest BCUT2D eigenvalue weighted by molar-refractivity contribution is 6.30. The number of hydrogen-bond donors (Lipinski definition) is 2. The van der Waals surface area contributed by atoms with Gasteiger partial charge in [0, 0.05) is 29.6 Å². The first-order chi connectivity index (χ1) is 13.1. The quantitative estimate of drug-likeness (QED) is 0.590. The molecule has 0 saturated heterocycles. The van der Waals surface area contributed by atoms with Gasteiger partial charge in [-0.3, -0.25) is 4.79 Å². The average molecular weight is 381 g/mol. The Bertz CT molecular complexity index is 898. The summed E-state index contributed by atoms with van der Waals surface area (Å²) in [6.45, 7) is 2.57. The standard InChI is InChI=1S/C21H21ClN4O/c1-15-9-10-18(22)12-19(15)26-21-24-13-17(14-25-21)20(27)23-11-5-8-16-6-3-2-4-7-16/h2-4,6-7,9-10,12-14H,5,8,11H2,1H3,(H,23,27)(H,24,25,26). The van der Waals surface area contributed by atoms with Crippen LogP contribution in [0.5, 0.6) is 0 Å². The molecule has 0 unspecified atom stereocenters. The number of aromatic nitrogens is 2. The number of carbonyl (C=O) groups is 1. The van der Waals surface area contributed by atoms with Crippen LogP contribution < -0.4 is 10.6 Å². The van der Waals surface area contributed by atoms with Gasteiger partial charge in [-0.25, -0.2) is 9.97 Å². The Kier molecular flexibility index (Phi) is 6.39. The van der Waals surface area contributed by atoms with E-state index < -0.39 is 0 Å². The van der Waals surface area contributed by atoms with E-state index in [-0.39, 0.29) is 5.91 Å². The number of aryl methyl sites for hydroxylation is 2. The van der Waals surface area contributed by atoms with Crippen molar-refractivity contribution in [1.82, 2.24) is 15.3 Å². The normalized spacial score (nSPS) is 10.4. The zero-order valence-electron chi connectivity index (χ0n) is 15.1. The third-order valence-corrected chi connectivity index (χ3v) is 4.37. The summed E-state index contributed by atoms with van der Waals surface area (Å²) in [7, 11) is 0. The van der Waals surface area contributed by atoms with Crippen LogP contribution in [0.4, 0.5) is 11.6 Å². The summed E-state index contributed by atoms with van der Waals surface area (Å²) in [5, 5.41) is 6.64. The molecule has 0 bridgehead atoms. The van der Waals surface area contributed by atoms with Crippen LogP contribution in [0, 0.1) is 6.92 Å². The first-order valence-electron chi connectivity index (χ1n) is 8.79. The van der Waals surface area contributed by atoms with Crippen LogP contribution in [0.2, 0.25) is 5.02 Å². The molecule has 0 radical (unpaired) electrons. The van der Waals surface area contributed by atoms with Gasteiger partial charge in [-0.2, -0.15) is 0 Å². The van der Waals surface area contributed by atoms with Crippen LogP contribution in [0.15, 0.2) is 60.9 Å². The molecule has 138 valence electrons. The highest BCUT2D eigenvalue weighted by Gasteiger charge is 2.08. The molecule has 1 heterocycles. The van der Waals surface area contributed by atoms with Gasteiger partial charge in [-0.1, -0.05) is 48.0 Å². The van der Waals surface area contributed by atoms with Crippen molar-refractivity contribution >= 4 is 29.1 Å². The molecule has 0 atom stereocenters. The second-order valence-electron chi connectivity index (χ2n) is 6.22. The number of nitrogens with zero attached hydrogens (tertiary/aromatic N) is 2. The van der Waals surface area contributed by atoms with Crippen molar-refractivity contribution in [3.63, 3.8) is 0 Å². The van der Waals surface area contributed by atoms with Crippen molar-refractivity contribution in [3.05, 3.63) is 82.6 Å². The minimum Gasteiger partial charge on any atom is -0.352 e. The van der Waals surface area contributed by atoms with Crippen LogP contribution in [-0.4, -0.2) is 22.4 Å². The van der Waals surface area contributed by atoms with E-state index >= 15 is 0 Å². The topological polar surface area (TPSA) is 66.9 Å². The van der Waals surface area contributed by atoms with Crippen LogP contribution in [0.25, 0.3) is 0 Å². The number of amides is 1. The average Bonchev–Trinajstić information content (AvgIpc) is 2.69. The van der Waals surface area contributed by atoms with Gasteiger partial charge in [0.25, 0.3) is 5.91 Å². The molecule has 5 nitrogen and oxygen atoms in total. The van der Waals surface area contributed by atoms with Gasteiger partial charge in [-0.15, -0.1) is 0 Å². The molecule has 1 aromatic heterocycles. The summed E-state index contributed by atoms with van der Waals surface area (Å²) in [5.41, 5.74) is 3.56. The van der Waals surface area contributed by atoms with E-state index in [1.165, 1.54) is 18.0 Å². The molecule has 0 spiro atoms. The maximum Gasteiger partial charge on any atom is 0.254 e. The summed E-state index contributed by atoms with van der Waals surface area (Å²) in [5.74, 6) is 0.245. The van der Waals surface area contributed by atoms with Crippen molar-refractivity contribution < 1.29 is 4.79 Å². The smallest absolute Gasteiger partial charge is 0.254 e. The zero-order valence-corrected chi connectivity index (χ0v) is 15.8. The molecule has 0 fully saturated rings. The zero-order chi connectivity index (χ0) is 19.1. The largest absolute Gasteiger partial charge is 0.352 e. The number of benzene rings is 2. The lowest BCUT2D eigenvalue weighted by Gasteiger charge is -2.09. The third-order valence-electron chi connectivity index (χ3n) is 4.13. The first-order valence-corrected chi connectivity index (χ1v) is 9.17. The van der Waals surface area contributed by atoms with Gasteiger partial charge in [0.2, 0.25) is 5.95 Å². The molecule has 0 saturated carbocycles. The van der Waals surface area contributed by atoms with Crippen molar-refractivity contribution in [1.29, 1.82) is 0 Å². The van der Waals surface area contributed by atoms with E-state index in [2.05, 4.69) is 32.7 Å². The lowest BCUT2D eigenvalue weighted by Crippen LogP contribution is -2.25. The highest BCUT2D eigenvalue weighted by atomic mass is 35.5. The first kappa shape index (κ1) is 18.9. The van der Waals surface area contributed by atoms with E-state index in [1.54, 1.807) is 0 Å². The molecule has 0 aliphatic rings. The number of anilines is 2. The molecule has 2 aromatic carbocycles. The van der Waals surface area contributed by atoms with Crippen LogP contribution in [0.1, 0.15) is 27.9 Å². The molecule has 3 aromatic rings. The lowest BCUT2D eigenvalue weighted by molar-refractivity contribution is 0.0952. The summed E-state index contributed by atoms with van der Waals surface area (Å²) >= 11 is 6.02. The van der Waals surface area contributed by atoms with E-state index in [4.69, 9.17) is 11.6 Å². The van der Waals surface area contributed by atoms with Crippen LogP contribution >= 0.6 is 11.6 Å². The van der Waals surface area contributed by atoms with E-state index in [0.29, 0.717) is 23.1 Å². The highest BCUT2D eigenvalue weighted by Crippen LogP contribution is 2.22. The van der Waals surface area contributed by atoms with Gasteiger partial charge in [0.1, 0.15) is 0 Å². The second-order valence-corrected chi connectivity index (χ2v) is 6.66. The van der Waals surface area contributed by atoms with Crippen LogP contribution in [0.3, 0.4) is 0 Å². The summed E-state index contributed by atoms with van der Waals surface area (Å²) < 4.78 is 0. The number of nitrogens with one attached hydrogen (secondary N) is 2. The Hall–Kier alpha value is -2.92. The number of carbonyl (C=O) groups excluding carboxylic acids is 1. The minimum absolute atomic E-state index is 0.173. The van der Waals surface area contributed by atoms with E-state index in [0.717, 1.165) is 24.1 Å². The third kappa shape index (κ3) is 5.53. The molecule has 0 aliphatic heterocycles. The van der Waals surface area contributed by atoms with Crippen molar-refractivity contribution in [3.8, 4) is 0 Å². The molecule has 6 heteroatoms. The molecule has 2 N–H and O–H groups in total. The fraction of sp³-hybridized carbons (Fsp3) is 0.190. The van der Waals surface area contributed by atoms with E-state index in [9.17, 15) is 4.79 Å². The molecular weight excluding hydrogens is 360 g/mol. The predicted molar refractivity (Wildman–Crippen MR) is 109 cm³/mol. The predicted octanol–water partition coefficient (Wildman–Crippen LogP) is 4.54. The SMILES string of the molecule is Cc1ccc(Cl)cc1Nc1ncc(C(=O)NCCCc2ccccc2)cn1. The fourth-order valence-corrected chi connectivity index (χ4v) is 2.77. The molecule has 0 aliphatic carbocycles.